The maximum absolute atomic E-state index is 6.06. The molecule has 0 aromatic rings. The van der Waals surface area contributed by atoms with Crippen LogP contribution in [-0.4, -0.2) is 6.04 Å². The van der Waals surface area contributed by atoms with Crippen molar-refractivity contribution in [2.45, 2.75) is 52.0 Å². The fourth-order valence-electron chi connectivity index (χ4n) is 2.22. The first-order valence-corrected chi connectivity index (χ1v) is 4.99. The SMILES string of the molecule is CCC[C@@H]1CC[C@@H](C)CC1N. The van der Waals surface area contributed by atoms with E-state index in [1.54, 1.807) is 0 Å². The molecule has 0 aromatic carbocycles. The highest BCUT2D eigenvalue weighted by Gasteiger charge is 2.24. The minimum atomic E-state index is 0.499. The van der Waals surface area contributed by atoms with Crippen LogP contribution in [0.1, 0.15) is 46.0 Å². The zero-order chi connectivity index (χ0) is 8.27. The lowest BCUT2D eigenvalue weighted by molar-refractivity contribution is 0.237. The lowest BCUT2D eigenvalue weighted by atomic mass is 9.77. The van der Waals surface area contributed by atoms with E-state index in [0.717, 1.165) is 11.8 Å². The van der Waals surface area contributed by atoms with Gasteiger partial charge in [0.1, 0.15) is 0 Å². The molecule has 1 fully saturated rings. The summed E-state index contributed by atoms with van der Waals surface area (Å²) in [7, 11) is 0. The smallest absolute Gasteiger partial charge is 0.00696 e. The summed E-state index contributed by atoms with van der Waals surface area (Å²) in [5, 5.41) is 0. The Balaban J connectivity index is 2.31. The topological polar surface area (TPSA) is 26.0 Å². The Kier molecular flexibility index (Phi) is 3.38. The third-order valence-electron chi connectivity index (χ3n) is 2.97. The first kappa shape index (κ1) is 9.05. The summed E-state index contributed by atoms with van der Waals surface area (Å²) in [6, 6.07) is 0.499. The van der Waals surface area contributed by atoms with Gasteiger partial charge in [-0.3, -0.25) is 0 Å². The summed E-state index contributed by atoms with van der Waals surface area (Å²) in [5.74, 6) is 1.70. The molecule has 0 amide bonds. The Morgan fingerprint density at radius 1 is 1.36 bits per heavy atom. The van der Waals surface area contributed by atoms with Crippen LogP contribution in [-0.2, 0) is 0 Å². The molecule has 11 heavy (non-hydrogen) atoms. The zero-order valence-corrected chi connectivity index (χ0v) is 7.84. The van der Waals surface area contributed by atoms with Gasteiger partial charge in [0, 0.05) is 6.04 Å². The Morgan fingerprint density at radius 3 is 2.64 bits per heavy atom. The molecular formula is C10H21N. The van der Waals surface area contributed by atoms with E-state index < -0.39 is 0 Å². The van der Waals surface area contributed by atoms with Crippen LogP contribution in [0.3, 0.4) is 0 Å². The van der Waals surface area contributed by atoms with E-state index in [0.29, 0.717) is 6.04 Å². The van der Waals surface area contributed by atoms with Crippen molar-refractivity contribution in [1.82, 2.24) is 0 Å². The number of hydrogen-bond acceptors (Lipinski definition) is 1. The first-order valence-electron chi connectivity index (χ1n) is 4.99. The lowest BCUT2D eigenvalue weighted by Crippen LogP contribution is -2.35. The normalized spacial score (nSPS) is 39.0. The molecular weight excluding hydrogens is 134 g/mol. The highest BCUT2D eigenvalue weighted by Crippen LogP contribution is 2.30. The standard InChI is InChI=1S/C10H21N/c1-3-4-9-6-5-8(2)7-10(9)11/h8-10H,3-7,11H2,1-2H3/t8-,9-,10?/m1/s1. The Bertz CT molecular complexity index is 111. The van der Waals surface area contributed by atoms with Crippen LogP contribution in [0, 0.1) is 11.8 Å². The van der Waals surface area contributed by atoms with E-state index >= 15 is 0 Å². The fourth-order valence-corrected chi connectivity index (χ4v) is 2.22. The van der Waals surface area contributed by atoms with Gasteiger partial charge in [0.05, 0.1) is 0 Å². The van der Waals surface area contributed by atoms with Crippen LogP contribution in [0.5, 0.6) is 0 Å². The molecule has 0 saturated heterocycles. The van der Waals surface area contributed by atoms with E-state index in [4.69, 9.17) is 5.73 Å². The summed E-state index contributed by atoms with van der Waals surface area (Å²) in [4.78, 5) is 0. The van der Waals surface area contributed by atoms with Crippen LogP contribution < -0.4 is 5.73 Å². The number of nitrogens with two attached hydrogens (primary N) is 1. The van der Waals surface area contributed by atoms with Crippen molar-refractivity contribution in [3.8, 4) is 0 Å². The quantitative estimate of drug-likeness (QED) is 0.651. The van der Waals surface area contributed by atoms with Gasteiger partial charge in [-0.15, -0.1) is 0 Å². The van der Waals surface area contributed by atoms with Crippen LogP contribution in [0.4, 0.5) is 0 Å². The molecule has 1 rings (SSSR count). The van der Waals surface area contributed by atoms with Gasteiger partial charge in [-0.05, 0) is 31.1 Å². The molecule has 1 saturated carbocycles. The second-order valence-corrected chi connectivity index (χ2v) is 4.13. The van der Waals surface area contributed by atoms with E-state index in [-0.39, 0.29) is 0 Å². The molecule has 66 valence electrons. The Labute approximate surface area is 70.4 Å². The van der Waals surface area contributed by atoms with Gasteiger partial charge in [-0.25, -0.2) is 0 Å². The van der Waals surface area contributed by atoms with Gasteiger partial charge < -0.3 is 5.73 Å². The van der Waals surface area contributed by atoms with Crippen molar-refractivity contribution in [2.24, 2.45) is 17.6 Å². The van der Waals surface area contributed by atoms with E-state index in [1.807, 2.05) is 0 Å². The van der Waals surface area contributed by atoms with Crippen molar-refractivity contribution in [2.75, 3.05) is 0 Å². The van der Waals surface area contributed by atoms with Crippen LogP contribution in [0.15, 0.2) is 0 Å². The van der Waals surface area contributed by atoms with E-state index in [1.165, 1.54) is 32.1 Å². The Morgan fingerprint density at radius 2 is 2.09 bits per heavy atom. The lowest BCUT2D eigenvalue weighted by Gasteiger charge is -2.32. The van der Waals surface area contributed by atoms with Crippen molar-refractivity contribution >= 4 is 0 Å². The van der Waals surface area contributed by atoms with Crippen molar-refractivity contribution < 1.29 is 0 Å². The largest absolute Gasteiger partial charge is 0.327 e. The van der Waals surface area contributed by atoms with Gasteiger partial charge in [0.2, 0.25) is 0 Å². The first-order chi connectivity index (χ1) is 5.24. The maximum Gasteiger partial charge on any atom is 0.00696 e. The molecule has 2 N–H and O–H groups in total. The van der Waals surface area contributed by atoms with Gasteiger partial charge in [0.15, 0.2) is 0 Å². The van der Waals surface area contributed by atoms with Crippen molar-refractivity contribution in [3.63, 3.8) is 0 Å². The molecule has 1 nitrogen and oxygen atoms in total. The summed E-state index contributed by atoms with van der Waals surface area (Å²) in [6.45, 7) is 4.58. The highest BCUT2D eigenvalue weighted by atomic mass is 14.7. The molecule has 0 bridgehead atoms. The van der Waals surface area contributed by atoms with Crippen molar-refractivity contribution in [1.29, 1.82) is 0 Å². The molecule has 0 heterocycles. The summed E-state index contributed by atoms with van der Waals surface area (Å²) < 4.78 is 0. The minimum absolute atomic E-state index is 0.499. The molecule has 3 atom stereocenters. The molecule has 0 aromatic heterocycles. The predicted molar refractivity (Wildman–Crippen MR) is 49.4 cm³/mol. The molecule has 0 spiro atoms. The second kappa shape index (κ2) is 4.10. The van der Waals surface area contributed by atoms with Gasteiger partial charge in [0.25, 0.3) is 0 Å². The number of rotatable bonds is 2. The monoisotopic (exact) mass is 155 g/mol. The summed E-state index contributed by atoms with van der Waals surface area (Å²) in [6.07, 6.45) is 6.67. The Hall–Kier alpha value is -0.0400. The molecule has 1 aliphatic rings. The molecule has 1 unspecified atom stereocenters. The number of hydrogen-bond donors (Lipinski definition) is 1. The minimum Gasteiger partial charge on any atom is -0.327 e. The third-order valence-corrected chi connectivity index (χ3v) is 2.97. The maximum atomic E-state index is 6.06. The zero-order valence-electron chi connectivity index (χ0n) is 7.84. The van der Waals surface area contributed by atoms with Gasteiger partial charge >= 0.3 is 0 Å². The highest BCUT2D eigenvalue weighted by molar-refractivity contribution is 4.80. The summed E-state index contributed by atoms with van der Waals surface area (Å²) in [5.41, 5.74) is 6.06. The molecule has 0 aliphatic heterocycles. The van der Waals surface area contributed by atoms with Crippen LogP contribution >= 0.6 is 0 Å². The molecule has 0 radical (unpaired) electrons. The van der Waals surface area contributed by atoms with Gasteiger partial charge in [-0.2, -0.15) is 0 Å². The van der Waals surface area contributed by atoms with Crippen LogP contribution in [0.25, 0.3) is 0 Å². The van der Waals surface area contributed by atoms with E-state index in [2.05, 4.69) is 13.8 Å². The average Bonchev–Trinajstić information content (AvgIpc) is 1.95. The average molecular weight is 155 g/mol. The van der Waals surface area contributed by atoms with Gasteiger partial charge in [-0.1, -0.05) is 26.7 Å². The van der Waals surface area contributed by atoms with Crippen molar-refractivity contribution in [3.05, 3.63) is 0 Å². The van der Waals surface area contributed by atoms with Crippen LogP contribution in [0.2, 0.25) is 0 Å². The van der Waals surface area contributed by atoms with E-state index in [9.17, 15) is 0 Å². The summed E-state index contributed by atoms with van der Waals surface area (Å²) >= 11 is 0. The third kappa shape index (κ3) is 2.48. The second-order valence-electron chi connectivity index (χ2n) is 4.13. The predicted octanol–water partition coefficient (Wildman–Crippen LogP) is 2.55. The molecule has 1 heteroatoms. The molecule has 1 aliphatic carbocycles. The fraction of sp³-hybridized carbons (Fsp3) is 1.00.